The van der Waals surface area contributed by atoms with Gasteiger partial charge in [-0.2, -0.15) is 0 Å². The molecule has 4 aromatic rings. The second-order valence-electron chi connectivity index (χ2n) is 6.12. The summed E-state index contributed by atoms with van der Waals surface area (Å²) in [6.45, 7) is 2.13. The molecule has 0 aliphatic carbocycles. The van der Waals surface area contributed by atoms with Gasteiger partial charge in [0.25, 0.3) is 5.91 Å². The van der Waals surface area contributed by atoms with Gasteiger partial charge in [0.2, 0.25) is 0 Å². The van der Waals surface area contributed by atoms with E-state index in [2.05, 4.69) is 20.5 Å². The molecule has 8 heteroatoms. The third kappa shape index (κ3) is 3.79. The Bertz CT molecular complexity index is 1160. The number of benzene rings is 1. The summed E-state index contributed by atoms with van der Waals surface area (Å²) < 4.78 is 7.58. The molecule has 4 rings (SSSR count). The topological polar surface area (TPSA) is 81.4 Å². The van der Waals surface area contributed by atoms with Crippen LogP contribution in [0.5, 0.6) is 5.75 Å². The Balaban J connectivity index is 1.52. The lowest BCUT2D eigenvalue weighted by molar-refractivity contribution is 0.102. The maximum atomic E-state index is 12.7. The van der Waals surface area contributed by atoms with Crippen molar-refractivity contribution >= 4 is 29.0 Å². The van der Waals surface area contributed by atoms with Crippen molar-refractivity contribution in [3.8, 4) is 5.75 Å². The first-order valence-corrected chi connectivity index (χ1v) is 8.93. The predicted molar refractivity (Wildman–Crippen MR) is 106 cm³/mol. The summed E-state index contributed by atoms with van der Waals surface area (Å²) in [4.78, 5) is 16.9. The number of amides is 1. The largest absolute Gasteiger partial charge is 0.485 e. The zero-order valence-corrected chi connectivity index (χ0v) is 15.7. The van der Waals surface area contributed by atoms with Crippen LogP contribution in [-0.2, 0) is 6.61 Å². The van der Waals surface area contributed by atoms with Crippen LogP contribution in [0.2, 0.25) is 5.02 Å². The number of pyridine rings is 2. The van der Waals surface area contributed by atoms with E-state index in [4.69, 9.17) is 16.3 Å². The first-order valence-electron chi connectivity index (χ1n) is 8.55. The van der Waals surface area contributed by atoms with Crippen molar-refractivity contribution in [3.63, 3.8) is 0 Å². The lowest BCUT2D eigenvalue weighted by Gasteiger charge is -2.12. The standard InChI is InChI=1S/C20H16ClN5O2/c1-13-24-25-18-8-7-15(11-26(13)18)20(27)23-19-17(6-3-9-22-19)28-12-14-4-2-5-16(21)10-14/h2-11H,12H2,1H3,(H,22,23,27). The third-order valence-corrected chi connectivity index (χ3v) is 4.36. The minimum Gasteiger partial charge on any atom is -0.485 e. The van der Waals surface area contributed by atoms with Gasteiger partial charge in [-0.15, -0.1) is 10.2 Å². The normalized spacial score (nSPS) is 10.8. The first-order chi connectivity index (χ1) is 13.6. The Kier molecular flexibility index (Phi) is 4.90. The minimum atomic E-state index is -0.304. The van der Waals surface area contributed by atoms with E-state index in [0.29, 0.717) is 40.2 Å². The number of anilines is 1. The zero-order valence-electron chi connectivity index (χ0n) is 15.0. The maximum Gasteiger partial charge on any atom is 0.258 e. The van der Waals surface area contributed by atoms with Gasteiger partial charge >= 0.3 is 0 Å². The van der Waals surface area contributed by atoms with Crippen LogP contribution < -0.4 is 10.1 Å². The van der Waals surface area contributed by atoms with Crippen LogP contribution in [0.15, 0.2) is 60.9 Å². The molecule has 0 fully saturated rings. The number of aromatic nitrogens is 4. The highest BCUT2D eigenvalue weighted by Gasteiger charge is 2.13. The van der Waals surface area contributed by atoms with Crippen LogP contribution in [0.3, 0.4) is 0 Å². The molecule has 0 unspecified atom stereocenters. The summed E-state index contributed by atoms with van der Waals surface area (Å²) in [6.07, 6.45) is 3.28. The van der Waals surface area contributed by atoms with Crippen molar-refractivity contribution in [2.24, 2.45) is 0 Å². The zero-order chi connectivity index (χ0) is 19.5. The molecule has 1 N–H and O–H groups in total. The summed E-state index contributed by atoms with van der Waals surface area (Å²) in [5.74, 6) is 1.21. The van der Waals surface area contributed by atoms with Gasteiger partial charge in [0, 0.05) is 17.4 Å². The first kappa shape index (κ1) is 17.9. The van der Waals surface area contributed by atoms with E-state index in [-0.39, 0.29) is 5.91 Å². The molecular formula is C20H16ClN5O2. The minimum absolute atomic E-state index is 0.304. The van der Waals surface area contributed by atoms with Crippen LogP contribution >= 0.6 is 11.6 Å². The average molecular weight is 394 g/mol. The van der Waals surface area contributed by atoms with Crippen molar-refractivity contribution in [1.29, 1.82) is 0 Å². The molecular weight excluding hydrogens is 378 g/mol. The molecule has 3 heterocycles. The molecule has 0 spiro atoms. The van der Waals surface area contributed by atoms with Crippen molar-refractivity contribution < 1.29 is 9.53 Å². The van der Waals surface area contributed by atoms with Crippen molar-refractivity contribution in [3.05, 3.63) is 82.9 Å². The molecule has 0 saturated carbocycles. The van der Waals surface area contributed by atoms with Gasteiger partial charge < -0.3 is 10.1 Å². The van der Waals surface area contributed by atoms with Crippen molar-refractivity contribution in [2.75, 3.05) is 5.32 Å². The molecule has 0 atom stereocenters. The Morgan fingerprint density at radius 2 is 2.07 bits per heavy atom. The lowest BCUT2D eigenvalue weighted by Crippen LogP contribution is -2.14. The van der Waals surface area contributed by atoms with E-state index < -0.39 is 0 Å². The average Bonchev–Trinajstić information content (AvgIpc) is 3.08. The Morgan fingerprint density at radius 1 is 1.18 bits per heavy atom. The Hall–Kier alpha value is -3.45. The summed E-state index contributed by atoms with van der Waals surface area (Å²) >= 11 is 6.00. The van der Waals surface area contributed by atoms with Crippen LogP contribution in [0, 0.1) is 6.92 Å². The number of fused-ring (bicyclic) bond motifs is 1. The molecule has 0 bridgehead atoms. The number of carbonyl (C=O) groups is 1. The Morgan fingerprint density at radius 3 is 2.93 bits per heavy atom. The summed E-state index contributed by atoms with van der Waals surface area (Å²) in [7, 11) is 0. The van der Waals surface area contributed by atoms with E-state index >= 15 is 0 Å². The molecule has 28 heavy (non-hydrogen) atoms. The van der Waals surface area contributed by atoms with Crippen LogP contribution in [0.1, 0.15) is 21.7 Å². The fourth-order valence-corrected chi connectivity index (χ4v) is 2.92. The molecule has 0 radical (unpaired) electrons. The molecule has 1 aromatic carbocycles. The van der Waals surface area contributed by atoms with E-state index in [1.165, 1.54) is 0 Å². The predicted octanol–water partition coefficient (Wildman–Crippen LogP) is 3.92. The highest BCUT2D eigenvalue weighted by atomic mass is 35.5. The Labute approximate surface area is 166 Å². The number of nitrogens with zero attached hydrogens (tertiary/aromatic N) is 4. The molecule has 0 aliphatic heterocycles. The lowest BCUT2D eigenvalue weighted by atomic mass is 10.2. The summed E-state index contributed by atoms with van der Waals surface area (Å²) in [5.41, 5.74) is 2.06. The van der Waals surface area contributed by atoms with Gasteiger partial charge in [0.05, 0.1) is 5.56 Å². The monoisotopic (exact) mass is 393 g/mol. The molecule has 3 aromatic heterocycles. The number of hydrogen-bond acceptors (Lipinski definition) is 5. The molecule has 140 valence electrons. The number of carbonyl (C=O) groups excluding carboxylic acids is 1. The van der Waals surface area contributed by atoms with Crippen LogP contribution in [0.4, 0.5) is 5.82 Å². The van der Waals surface area contributed by atoms with E-state index in [1.807, 2.05) is 25.1 Å². The number of hydrogen-bond donors (Lipinski definition) is 1. The van der Waals surface area contributed by atoms with Crippen molar-refractivity contribution in [1.82, 2.24) is 19.6 Å². The number of ether oxygens (including phenoxy) is 1. The highest BCUT2D eigenvalue weighted by Crippen LogP contribution is 2.23. The van der Waals surface area contributed by atoms with Crippen molar-refractivity contribution in [2.45, 2.75) is 13.5 Å². The SMILES string of the molecule is Cc1nnc2ccc(C(=O)Nc3ncccc3OCc3cccc(Cl)c3)cn12. The number of halogens is 1. The second-order valence-corrected chi connectivity index (χ2v) is 6.55. The summed E-state index contributed by atoms with van der Waals surface area (Å²) in [5, 5.41) is 11.4. The number of nitrogens with one attached hydrogen (secondary N) is 1. The number of aryl methyl sites for hydroxylation is 1. The molecule has 0 saturated heterocycles. The highest BCUT2D eigenvalue weighted by molar-refractivity contribution is 6.30. The molecule has 0 aliphatic rings. The van der Waals surface area contributed by atoms with Crippen LogP contribution in [-0.4, -0.2) is 25.5 Å². The van der Waals surface area contributed by atoms with Gasteiger partial charge in [-0.25, -0.2) is 4.98 Å². The number of rotatable bonds is 5. The second kappa shape index (κ2) is 7.66. The van der Waals surface area contributed by atoms with Gasteiger partial charge in [0.1, 0.15) is 12.4 Å². The van der Waals surface area contributed by atoms with Gasteiger partial charge in [-0.3, -0.25) is 9.20 Å². The van der Waals surface area contributed by atoms with Gasteiger partial charge in [-0.1, -0.05) is 23.7 Å². The van der Waals surface area contributed by atoms with Gasteiger partial charge in [-0.05, 0) is 48.9 Å². The third-order valence-electron chi connectivity index (χ3n) is 4.12. The maximum absolute atomic E-state index is 12.7. The molecule has 7 nitrogen and oxygen atoms in total. The van der Waals surface area contributed by atoms with E-state index in [1.54, 1.807) is 47.1 Å². The summed E-state index contributed by atoms with van der Waals surface area (Å²) in [6, 6.07) is 14.3. The smallest absolute Gasteiger partial charge is 0.258 e. The van der Waals surface area contributed by atoms with E-state index in [0.717, 1.165) is 5.56 Å². The van der Waals surface area contributed by atoms with Crippen LogP contribution in [0.25, 0.3) is 5.65 Å². The fourth-order valence-electron chi connectivity index (χ4n) is 2.71. The van der Waals surface area contributed by atoms with E-state index in [9.17, 15) is 4.79 Å². The fraction of sp³-hybridized carbons (Fsp3) is 0.100. The quantitative estimate of drug-likeness (QED) is 0.555. The molecule has 1 amide bonds. The van der Waals surface area contributed by atoms with Gasteiger partial charge in [0.15, 0.2) is 17.2 Å².